The van der Waals surface area contributed by atoms with Crippen LogP contribution >= 0.6 is 0 Å². The van der Waals surface area contributed by atoms with E-state index in [9.17, 15) is 9.59 Å². The van der Waals surface area contributed by atoms with Crippen molar-refractivity contribution >= 4 is 11.8 Å². The summed E-state index contributed by atoms with van der Waals surface area (Å²) in [5, 5.41) is 0. The molecule has 3 rings (SSSR count). The van der Waals surface area contributed by atoms with Crippen molar-refractivity contribution in [2.45, 2.75) is 13.8 Å². The molecule has 0 spiro atoms. The Morgan fingerprint density at radius 3 is 1.54 bits per heavy atom. The van der Waals surface area contributed by atoms with Gasteiger partial charge in [0.25, 0.3) is 0 Å². The summed E-state index contributed by atoms with van der Waals surface area (Å²) in [6.45, 7) is 2.91. The van der Waals surface area contributed by atoms with E-state index in [1.807, 2.05) is 0 Å². The van der Waals surface area contributed by atoms with Gasteiger partial charge in [0.15, 0.2) is 11.6 Å². The normalized spacial score (nSPS) is 9.00. The van der Waals surface area contributed by atoms with Crippen molar-refractivity contribution in [3.63, 3.8) is 0 Å². The predicted octanol–water partition coefficient (Wildman–Crippen LogP) is -6.86. The Labute approximate surface area is 179 Å². The predicted molar refractivity (Wildman–Crippen MR) is 79.3 cm³/mol. The van der Waals surface area contributed by atoms with E-state index in [2.05, 4.69) is 15.0 Å². The van der Waals surface area contributed by atoms with Crippen LogP contribution in [0.25, 0.3) is 23.0 Å². The number of rotatable bonds is 2. The summed E-state index contributed by atoms with van der Waals surface area (Å²) in [4.78, 5) is 36.0. The maximum absolute atomic E-state index is 11.6. The van der Waals surface area contributed by atoms with Crippen molar-refractivity contribution in [2.75, 3.05) is 0 Å². The van der Waals surface area contributed by atoms with Crippen LogP contribution in [0.5, 0.6) is 0 Å². The van der Waals surface area contributed by atoms with Gasteiger partial charge in [0, 0.05) is 38.6 Å². The van der Waals surface area contributed by atoms with Gasteiger partial charge in [-0.25, -0.2) is 15.0 Å². The Hall–Kier alpha value is -1.71. The number of pyridine rings is 1. The maximum atomic E-state index is 11.6. The van der Waals surface area contributed by atoms with E-state index in [4.69, 9.17) is 0 Å². The number of hydrogen-bond donors (Lipinski definition) is 0. The second-order valence-corrected chi connectivity index (χ2v) is 4.69. The van der Waals surface area contributed by atoms with E-state index in [-0.39, 0.29) is 65.8 Å². The third-order valence-corrected chi connectivity index (χ3v) is 3.17. The maximum Gasteiger partial charge on any atom is 3.00 e. The first-order valence-electron chi connectivity index (χ1n) is 6.64. The van der Waals surface area contributed by atoms with E-state index >= 15 is 0 Å². The zero-order valence-electron chi connectivity index (χ0n) is 13.6. The first-order valence-corrected chi connectivity index (χ1v) is 6.64. The second kappa shape index (κ2) is 11.1. The first-order chi connectivity index (χ1) is 10.6. The largest absolute Gasteiger partial charge is 3.00 e. The topological polar surface area (TPSA) is 82.7 Å². The minimum Gasteiger partial charge on any atom is -1.00 e. The second-order valence-electron chi connectivity index (χ2n) is 4.69. The molecule has 3 aromatic heterocycles. The molecule has 0 saturated carbocycles. The molecule has 0 aliphatic rings. The molecule has 3 aromatic rings. The fourth-order valence-corrected chi connectivity index (χ4v) is 2.18. The minimum atomic E-state index is -0.148. The van der Waals surface area contributed by atoms with Crippen molar-refractivity contribution in [3.05, 3.63) is 43.0 Å². The Morgan fingerprint density at radius 1 is 0.808 bits per heavy atom. The standard InChI is InChI=1S/C15H13N5O2.3ClH.Co/c1-10(21)19-8-6-16-14(19)12-4-3-5-13(18-12)15-17-7-9-20(15)11(2)22;;;;/h3-9H,1-2H3;3*1H;/q;;;;+3/p-3. The summed E-state index contributed by atoms with van der Waals surface area (Å²) < 4.78 is 2.84. The summed E-state index contributed by atoms with van der Waals surface area (Å²) in [6, 6.07) is 5.30. The third kappa shape index (κ3) is 5.15. The molecule has 0 radical (unpaired) electrons. The first kappa shape index (κ1) is 26.5. The SMILES string of the molecule is CC(=O)n1ccnc1-c1cccc(-c2nccn2C(C)=O)n1.[Cl-].[Cl-].[Cl-].[Co+3]. The molecule has 0 aromatic carbocycles. The van der Waals surface area contributed by atoms with Gasteiger partial charge in [0.2, 0.25) is 11.8 Å². The summed E-state index contributed by atoms with van der Waals surface area (Å²) in [5.74, 6) is 0.612. The third-order valence-electron chi connectivity index (χ3n) is 3.17. The molecule has 0 fully saturated rings. The number of aromatic nitrogens is 5. The molecule has 0 aliphatic heterocycles. The number of hydrogen-bond acceptors (Lipinski definition) is 5. The zero-order chi connectivity index (χ0) is 15.7. The average Bonchev–Trinajstić information content (AvgIpc) is 3.16. The van der Waals surface area contributed by atoms with Gasteiger partial charge in [0.1, 0.15) is 11.4 Å². The van der Waals surface area contributed by atoms with E-state index in [0.29, 0.717) is 23.0 Å². The fraction of sp³-hybridized carbons (Fsp3) is 0.133. The number of carbonyl (C=O) groups excluding carboxylic acids is 2. The molecule has 0 saturated heterocycles. The molecule has 0 unspecified atom stereocenters. The van der Waals surface area contributed by atoms with E-state index in [1.54, 1.807) is 43.0 Å². The smallest absolute Gasteiger partial charge is 1.00 e. The molecule has 7 nitrogen and oxygen atoms in total. The van der Waals surface area contributed by atoms with Crippen LogP contribution in [0, 0.1) is 0 Å². The quantitative estimate of drug-likeness (QED) is 0.380. The Morgan fingerprint density at radius 2 is 1.19 bits per heavy atom. The Bertz CT molecular complexity index is 814. The molecule has 26 heavy (non-hydrogen) atoms. The zero-order valence-corrected chi connectivity index (χ0v) is 16.9. The summed E-state index contributed by atoms with van der Waals surface area (Å²) >= 11 is 0. The van der Waals surface area contributed by atoms with Crippen LogP contribution in [0.1, 0.15) is 23.4 Å². The van der Waals surface area contributed by atoms with Gasteiger partial charge in [0.05, 0.1) is 0 Å². The summed E-state index contributed by atoms with van der Waals surface area (Å²) in [7, 11) is 0. The molecule has 0 bridgehead atoms. The van der Waals surface area contributed by atoms with Crippen molar-refractivity contribution in [1.82, 2.24) is 24.1 Å². The van der Waals surface area contributed by atoms with Crippen molar-refractivity contribution in [2.24, 2.45) is 0 Å². The van der Waals surface area contributed by atoms with Crippen LogP contribution < -0.4 is 37.2 Å². The number of halogens is 3. The molecule has 140 valence electrons. The van der Waals surface area contributed by atoms with Crippen molar-refractivity contribution in [1.29, 1.82) is 0 Å². The van der Waals surface area contributed by atoms with Gasteiger partial charge in [-0.3, -0.25) is 18.7 Å². The molecule has 0 atom stereocenters. The molecular formula is C15H13Cl3CoN5O2. The monoisotopic (exact) mass is 459 g/mol. The Balaban J connectivity index is 0. The van der Waals surface area contributed by atoms with E-state index in [1.165, 1.54) is 23.0 Å². The van der Waals surface area contributed by atoms with E-state index < -0.39 is 0 Å². The molecule has 11 heteroatoms. The van der Waals surface area contributed by atoms with Crippen LogP contribution in [0.2, 0.25) is 0 Å². The van der Waals surface area contributed by atoms with Gasteiger partial charge in [-0.2, -0.15) is 0 Å². The average molecular weight is 461 g/mol. The molecular weight excluding hydrogens is 447 g/mol. The number of imidazole rings is 2. The van der Waals surface area contributed by atoms with E-state index in [0.717, 1.165) is 0 Å². The van der Waals surface area contributed by atoms with Gasteiger partial charge in [-0.15, -0.1) is 0 Å². The summed E-state index contributed by atoms with van der Waals surface area (Å²) in [6.07, 6.45) is 6.26. The van der Waals surface area contributed by atoms with Crippen molar-refractivity contribution < 1.29 is 63.6 Å². The fourth-order valence-electron chi connectivity index (χ4n) is 2.18. The molecule has 3 heterocycles. The summed E-state index contributed by atoms with van der Waals surface area (Å²) in [5.41, 5.74) is 1.08. The van der Waals surface area contributed by atoms with Gasteiger partial charge in [-0.1, -0.05) is 6.07 Å². The van der Waals surface area contributed by atoms with Crippen LogP contribution in [0.3, 0.4) is 0 Å². The van der Waals surface area contributed by atoms with Crippen molar-refractivity contribution in [3.8, 4) is 23.0 Å². The minimum absolute atomic E-state index is 0. The van der Waals surface area contributed by atoms with Gasteiger partial charge < -0.3 is 37.2 Å². The number of carbonyl (C=O) groups is 2. The Kier molecular flexibility index (Phi) is 11.3. The van der Waals surface area contributed by atoms with Crippen LogP contribution in [-0.4, -0.2) is 35.9 Å². The number of nitrogens with zero attached hydrogens (tertiary/aromatic N) is 5. The molecule has 0 N–H and O–H groups in total. The molecule has 0 amide bonds. The van der Waals surface area contributed by atoms with Gasteiger partial charge in [-0.05, 0) is 12.1 Å². The van der Waals surface area contributed by atoms with Crippen LogP contribution in [0.15, 0.2) is 43.0 Å². The van der Waals surface area contributed by atoms with Crippen LogP contribution in [-0.2, 0) is 16.8 Å². The van der Waals surface area contributed by atoms with Crippen LogP contribution in [0.4, 0.5) is 0 Å². The van der Waals surface area contributed by atoms with Gasteiger partial charge >= 0.3 is 16.8 Å². The molecule has 0 aliphatic carbocycles.